The van der Waals surface area contributed by atoms with E-state index in [4.69, 9.17) is 21.1 Å². The molecule has 248 valence electrons. The molecule has 0 aliphatic heterocycles. The van der Waals surface area contributed by atoms with E-state index in [0.29, 0.717) is 28.7 Å². The smallest absolute Gasteiger partial charge is 0.331 e. The molecule has 1 atom stereocenters. The van der Waals surface area contributed by atoms with Crippen LogP contribution in [0.5, 0.6) is 0 Å². The Balaban J connectivity index is 1.20. The Morgan fingerprint density at radius 2 is 1.75 bits per heavy atom. The van der Waals surface area contributed by atoms with Gasteiger partial charge in [0.2, 0.25) is 0 Å². The first-order valence-corrected chi connectivity index (χ1v) is 19.6. The predicted molar refractivity (Wildman–Crippen MR) is 193 cm³/mol. The molecule has 0 bridgehead atoms. The number of para-hydroxylation sites is 1. The molecule has 0 spiro atoms. The molecular formula is C34H40N10O3Si. The van der Waals surface area contributed by atoms with Gasteiger partial charge in [0.15, 0.2) is 5.96 Å². The number of hydrogen-bond acceptors (Lipinski definition) is 6. The molecule has 3 aromatic carbocycles. The number of aromatic amines is 1. The van der Waals surface area contributed by atoms with E-state index in [-0.39, 0.29) is 42.1 Å². The van der Waals surface area contributed by atoms with Crippen molar-refractivity contribution in [3.05, 3.63) is 98.7 Å². The molecule has 0 saturated heterocycles. The number of H-pyrrole nitrogens is 1. The van der Waals surface area contributed by atoms with Crippen LogP contribution in [-0.4, -0.2) is 55.1 Å². The fourth-order valence-corrected chi connectivity index (χ4v) is 6.83. The topological polar surface area (TPSA) is 182 Å². The third-order valence-electron chi connectivity index (χ3n) is 8.59. The van der Waals surface area contributed by atoms with Gasteiger partial charge in [0, 0.05) is 46.0 Å². The number of nitrogens with one attached hydrogen (secondary N) is 4. The predicted octanol–water partition coefficient (Wildman–Crippen LogP) is 4.15. The highest BCUT2D eigenvalue weighted by Gasteiger charge is 2.21. The number of aryl methyl sites for hydroxylation is 1. The zero-order valence-electron chi connectivity index (χ0n) is 27.7. The number of nitrogens with two attached hydrogens (primary N) is 1. The monoisotopic (exact) mass is 664 g/mol. The van der Waals surface area contributed by atoms with Crippen LogP contribution in [0, 0.1) is 5.41 Å². The van der Waals surface area contributed by atoms with E-state index >= 15 is 0 Å². The average Bonchev–Trinajstić information content (AvgIpc) is 3.61. The highest BCUT2D eigenvalue weighted by Crippen LogP contribution is 2.28. The zero-order valence-corrected chi connectivity index (χ0v) is 28.7. The molecular weight excluding hydrogens is 625 g/mol. The van der Waals surface area contributed by atoms with Crippen LogP contribution in [0.3, 0.4) is 0 Å². The van der Waals surface area contributed by atoms with Gasteiger partial charge in [-0.1, -0.05) is 31.8 Å². The van der Waals surface area contributed by atoms with Crippen LogP contribution in [0.2, 0.25) is 25.7 Å². The molecule has 3 heterocycles. The molecule has 13 nitrogen and oxygen atoms in total. The molecule has 6 N–H and O–H groups in total. The Bertz CT molecular complexity index is 2330. The first-order valence-electron chi connectivity index (χ1n) is 15.9. The number of guanidine groups is 1. The molecule has 0 fully saturated rings. The SMILES string of the molecule is CC(c1nc2cc(NC(=N)N)ccc2[nH]1)c1nc2ccc(C(=O)NCCn3c(=O)n(CC[Si](C)(C)C)c(=O)c4ccccc43)cc2n1C. The van der Waals surface area contributed by atoms with Gasteiger partial charge in [-0.15, -0.1) is 0 Å². The van der Waals surface area contributed by atoms with Crippen LogP contribution in [-0.2, 0) is 20.1 Å². The number of rotatable bonds is 10. The fourth-order valence-electron chi connectivity index (χ4n) is 5.94. The lowest BCUT2D eigenvalue weighted by atomic mass is 10.1. The molecule has 1 unspecified atom stereocenters. The number of anilines is 1. The van der Waals surface area contributed by atoms with E-state index in [1.165, 1.54) is 4.57 Å². The van der Waals surface area contributed by atoms with Crippen molar-refractivity contribution < 1.29 is 4.79 Å². The Morgan fingerprint density at radius 3 is 2.50 bits per heavy atom. The highest BCUT2D eigenvalue weighted by molar-refractivity contribution is 6.76. The minimum absolute atomic E-state index is 0.147. The van der Waals surface area contributed by atoms with Gasteiger partial charge in [0.25, 0.3) is 11.5 Å². The third kappa shape index (κ3) is 6.38. The Morgan fingerprint density at radius 1 is 0.979 bits per heavy atom. The number of aromatic nitrogens is 6. The Kier molecular flexibility index (Phi) is 8.51. The third-order valence-corrected chi connectivity index (χ3v) is 10.3. The number of carbonyl (C=O) groups excluding carboxylic acids is 1. The van der Waals surface area contributed by atoms with Crippen LogP contribution >= 0.6 is 0 Å². The lowest BCUT2D eigenvalue weighted by Crippen LogP contribution is -2.42. The molecule has 3 aromatic heterocycles. The maximum atomic E-state index is 13.5. The van der Waals surface area contributed by atoms with Gasteiger partial charge in [0.1, 0.15) is 11.6 Å². The second kappa shape index (κ2) is 12.6. The second-order valence-corrected chi connectivity index (χ2v) is 18.9. The number of fused-ring (bicyclic) bond motifs is 3. The molecule has 0 aliphatic carbocycles. The number of carbonyl (C=O) groups is 1. The van der Waals surface area contributed by atoms with Crippen molar-refractivity contribution in [2.75, 3.05) is 11.9 Å². The molecule has 6 rings (SSSR count). The van der Waals surface area contributed by atoms with Gasteiger partial charge in [-0.25, -0.2) is 14.8 Å². The summed E-state index contributed by atoms with van der Waals surface area (Å²) in [7, 11) is 0.416. The molecule has 0 saturated carbocycles. The summed E-state index contributed by atoms with van der Waals surface area (Å²) in [5.74, 6) is 0.907. The van der Waals surface area contributed by atoms with Crippen molar-refractivity contribution in [3.8, 4) is 0 Å². The zero-order chi connectivity index (χ0) is 34.3. The van der Waals surface area contributed by atoms with E-state index in [1.54, 1.807) is 34.9 Å². The lowest BCUT2D eigenvalue weighted by molar-refractivity contribution is 0.0952. The quantitative estimate of drug-likeness (QED) is 0.0828. The summed E-state index contributed by atoms with van der Waals surface area (Å²) >= 11 is 0. The number of benzene rings is 3. The van der Waals surface area contributed by atoms with Crippen molar-refractivity contribution in [1.29, 1.82) is 5.41 Å². The summed E-state index contributed by atoms with van der Waals surface area (Å²) in [6.07, 6.45) is 0. The molecule has 1 amide bonds. The summed E-state index contributed by atoms with van der Waals surface area (Å²) in [5.41, 5.74) is 9.67. The number of nitrogens with zero attached hydrogens (tertiary/aromatic N) is 5. The Labute approximate surface area is 277 Å². The van der Waals surface area contributed by atoms with Gasteiger partial charge in [-0.2, -0.15) is 0 Å². The summed E-state index contributed by atoms with van der Waals surface area (Å²) in [5, 5.41) is 13.7. The van der Waals surface area contributed by atoms with Gasteiger partial charge in [-0.3, -0.25) is 24.1 Å². The van der Waals surface area contributed by atoms with Crippen LogP contribution < -0.4 is 27.6 Å². The second-order valence-electron chi connectivity index (χ2n) is 13.3. The average molecular weight is 665 g/mol. The summed E-state index contributed by atoms with van der Waals surface area (Å²) in [4.78, 5) is 53.0. The minimum atomic E-state index is -1.50. The van der Waals surface area contributed by atoms with Gasteiger partial charge < -0.3 is 25.9 Å². The largest absolute Gasteiger partial charge is 0.370 e. The van der Waals surface area contributed by atoms with Crippen LogP contribution in [0.25, 0.3) is 33.0 Å². The van der Waals surface area contributed by atoms with Gasteiger partial charge in [0.05, 0.1) is 38.9 Å². The number of amides is 1. The molecule has 6 aromatic rings. The van der Waals surface area contributed by atoms with Crippen molar-refractivity contribution in [2.24, 2.45) is 12.8 Å². The maximum absolute atomic E-state index is 13.5. The van der Waals surface area contributed by atoms with Crippen molar-refractivity contribution in [1.82, 2.24) is 34.0 Å². The molecule has 0 radical (unpaired) electrons. The minimum Gasteiger partial charge on any atom is -0.370 e. The van der Waals surface area contributed by atoms with E-state index in [0.717, 1.165) is 39.8 Å². The van der Waals surface area contributed by atoms with Crippen LogP contribution in [0.15, 0.2) is 70.3 Å². The number of imidazole rings is 2. The van der Waals surface area contributed by atoms with Crippen molar-refractivity contribution in [2.45, 2.75) is 51.6 Å². The van der Waals surface area contributed by atoms with Crippen molar-refractivity contribution >= 4 is 58.6 Å². The normalized spacial score (nSPS) is 12.5. The Hall–Kier alpha value is -5.50. The lowest BCUT2D eigenvalue weighted by Gasteiger charge is -2.18. The maximum Gasteiger partial charge on any atom is 0.331 e. The molecule has 14 heteroatoms. The fraction of sp³-hybridized carbons (Fsp3) is 0.294. The summed E-state index contributed by atoms with van der Waals surface area (Å²) in [6, 6.07) is 18.8. The van der Waals surface area contributed by atoms with Gasteiger partial charge >= 0.3 is 5.69 Å². The number of hydrogen-bond donors (Lipinski definition) is 5. The summed E-state index contributed by atoms with van der Waals surface area (Å²) < 4.78 is 4.88. The van der Waals surface area contributed by atoms with Crippen LogP contribution in [0.4, 0.5) is 5.69 Å². The molecule has 48 heavy (non-hydrogen) atoms. The highest BCUT2D eigenvalue weighted by atomic mass is 28.3. The van der Waals surface area contributed by atoms with E-state index in [2.05, 4.69) is 35.3 Å². The van der Waals surface area contributed by atoms with Gasteiger partial charge in [-0.05, 0) is 61.5 Å². The van der Waals surface area contributed by atoms with E-state index in [1.807, 2.05) is 48.9 Å². The standard InChI is InChI=1S/C34H40N10O3Si/c1-20(29-39-24-13-11-22(38-33(35)36)19-26(24)40-29)30-41-25-12-10-21(18-28(25)42(30)2)31(45)37-14-15-43-27-9-7-6-8-23(27)32(46)44(34(43)47)16-17-48(3,4)5/h6-13,18-20H,14-17H2,1-5H3,(H,37,45)(H,39,40)(H4,35,36,38). The first kappa shape index (κ1) is 32.4. The molecule has 0 aliphatic rings. The van der Waals surface area contributed by atoms with Crippen molar-refractivity contribution in [3.63, 3.8) is 0 Å². The van der Waals surface area contributed by atoms with Crippen LogP contribution in [0.1, 0.15) is 34.8 Å². The first-order chi connectivity index (χ1) is 22.8. The summed E-state index contributed by atoms with van der Waals surface area (Å²) in [6.45, 7) is 9.46. The van der Waals surface area contributed by atoms with E-state index < -0.39 is 8.07 Å². The van der Waals surface area contributed by atoms with E-state index in [9.17, 15) is 14.4 Å².